The van der Waals surface area contributed by atoms with Crippen LogP contribution < -0.4 is 16.4 Å². The van der Waals surface area contributed by atoms with Crippen LogP contribution in [0.25, 0.3) is 0 Å². The minimum atomic E-state index is -0.251. The van der Waals surface area contributed by atoms with E-state index in [-0.39, 0.29) is 23.7 Å². The summed E-state index contributed by atoms with van der Waals surface area (Å²) in [6, 6.07) is 6.42. The fourth-order valence-electron chi connectivity index (χ4n) is 2.00. The summed E-state index contributed by atoms with van der Waals surface area (Å²) in [4.78, 5) is 23.1. The summed E-state index contributed by atoms with van der Waals surface area (Å²) in [6.07, 6.45) is 1.03. The molecule has 2 amide bonds. The molecule has 2 rings (SSSR count). The Balaban J connectivity index is 2.04. The fourth-order valence-corrected chi connectivity index (χ4v) is 2.00. The van der Waals surface area contributed by atoms with Gasteiger partial charge in [-0.2, -0.15) is 0 Å². The molecule has 1 heterocycles. The molecule has 0 radical (unpaired) electrons. The van der Waals surface area contributed by atoms with Crippen molar-refractivity contribution >= 4 is 17.6 Å². The van der Waals surface area contributed by atoms with Gasteiger partial charge in [-0.15, -0.1) is 0 Å². The van der Waals surface area contributed by atoms with Crippen LogP contribution in [-0.2, 0) is 4.79 Å². The number of hydrogen-bond acceptors (Lipinski definition) is 4. The number of nitrogens with two attached hydrogens (primary N) is 1. The van der Waals surface area contributed by atoms with Gasteiger partial charge in [-0.25, -0.2) is 0 Å². The maximum Gasteiger partial charge on any atom is 0.251 e. The van der Waals surface area contributed by atoms with Gasteiger partial charge in [0.25, 0.3) is 5.91 Å². The van der Waals surface area contributed by atoms with Gasteiger partial charge in [-0.3, -0.25) is 9.59 Å². The second kappa shape index (κ2) is 6.05. The van der Waals surface area contributed by atoms with Gasteiger partial charge in [0, 0.05) is 30.1 Å². The molecule has 1 unspecified atom stereocenters. The molecule has 1 aliphatic heterocycles. The van der Waals surface area contributed by atoms with E-state index in [4.69, 9.17) is 10.9 Å². The third-order valence-electron chi connectivity index (χ3n) is 3.13. The summed E-state index contributed by atoms with van der Waals surface area (Å²) >= 11 is 0. The van der Waals surface area contributed by atoms with E-state index in [1.807, 2.05) is 0 Å². The Bertz CT molecular complexity index is 546. The van der Waals surface area contributed by atoms with Gasteiger partial charge in [0.15, 0.2) is 5.84 Å². The van der Waals surface area contributed by atoms with Crippen molar-refractivity contribution in [2.75, 3.05) is 6.54 Å². The average Bonchev–Trinajstić information content (AvgIpc) is 2.49. The SMILES string of the molecule is NC(=NO)c1cccc(C(=O)NC2CCC(=O)NC2)c1. The fraction of sp³-hybridized carbons (Fsp3) is 0.308. The van der Waals surface area contributed by atoms with Crippen molar-refractivity contribution in [2.24, 2.45) is 10.9 Å². The minimum Gasteiger partial charge on any atom is -0.409 e. The van der Waals surface area contributed by atoms with Crippen LogP contribution in [-0.4, -0.2) is 35.4 Å². The molecule has 1 saturated heterocycles. The minimum absolute atomic E-state index is 0.00410. The van der Waals surface area contributed by atoms with E-state index in [0.29, 0.717) is 30.5 Å². The quantitative estimate of drug-likeness (QED) is 0.264. The average molecular weight is 276 g/mol. The highest BCUT2D eigenvalue weighted by Gasteiger charge is 2.20. The molecule has 106 valence electrons. The molecule has 0 aromatic heterocycles. The van der Waals surface area contributed by atoms with E-state index in [1.165, 1.54) is 0 Å². The Morgan fingerprint density at radius 2 is 2.20 bits per heavy atom. The highest BCUT2D eigenvalue weighted by Crippen LogP contribution is 2.08. The molecule has 1 aromatic rings. The van der Waals surface area contributed by atoms with E-state index < -0.39 is 0 Å². The Hall–Kier alpha value is -2.57. The molecule has 0 aliphatic carbocycles. The molecule has 7 heteroatoms. The molecular weight excluding hydrogens is 260 g/mol. The zero-order valence-corrected chi connectivity index (χ0v) is 10.8. The molecule has 1 aromatic carbocycles. The standard InChI is InChI=1S/C13H16N4O3/c14-12(17-20)8-2-1-3-9(6-8)13(19)16-10-4-5-11(18)15-7-10/h1-3,6,10,20H,4-5,7H2,(H2,14,17)(H,15,18)(H,16,19). The summed E-state index contributed by atoms with van der Waals surface area (Å²) < 4.78 is 0. The molecule has 1 aliphatic rings. The molecule has 0 spiro atoms. The van der Waals surface area contributed by atoms with Crippen LogP contribution in [0.5, 0.6) is 0 Å². The third kappa shape index (κ3) is 3.25. The van der Waals surface area contributed by atoms with Gasteiger partial charge >= 0.3 is 0 Å². The van der Waals surface area contributed by atoms with Crippen molar-refractivity contribution < 1.29 is 14.8 Å². The number of nitrogens with zero attached hydrogens (tertiary/aromatic N) is 1. The topological polar surface area (TPSA) is 117 Å². The van der Waals surface area contributed by atoms with E-state index in [1.54, 1.807) is 24.3 Å². The first kappa shape index (κ1) is 13.9. The molecule has 0 bridgehead atoms. The van der Waals surface area contributed by atoms with Crippen LogP contribution >= 0.6 is 0 Å². The second-order valence-corrected chi connectivity index (χ2v) is 4.58. The molecule has 1 atom stereocenters. The van der Waals surface area contributed by atoms with Crippen molar-refractivity contribution in [1.82, 2.24) is 10.6 Å². The highest BCUT2D eigenvalue weighted by atomic mass is 16.4. The Labute approximate surface area is 115 Å². The Morgan fingerprint density at radius 3 is 2.85 bits per heavy atom. The first-order valence-electron chi connectivity index (χ1n) is 6.25. The summed E-state index contributed by atoms with van der Waals surface area (Å²) in [5, 5.41) is 17.1. The van der Waals surface area contributed by atoms with E-state index in [9.17, 15) is 9.59 Å². The lowest BCUT2D eigenvalue weighted by Crippen LogP contribution is -2.47. The van der Waals surface area contributed by atoms with Crippen LogP contribution in [0.15, 0.2) is 29.4 Å². The number of carbonyl (C=O) groups is 2. The normalized spacial score (nSPS) is 19.3. The van der Waals surface area contributed by atoms with Crippen LogP contribution in [0.3, 0.4) is 0 Å². The number of rotatable bonds is 3. The first-order chi connectivity index (χ1) is 9.60. The molecule has 7 nitrogen and oxygen atoms in total. The molecule has 5 N–H and O–H groups in total. The predicted molar refractivity (Wildman–Crippen MR) is 72.5 cm³/mol. The van der Waals surface area contributed by atoms with Crippen LogP contribution in [0.1, 0.15) is 28.8 Å². The maximum absolute atomic E-state index is 12.1. The lowest BCUT2D eigenvalue weighted by molar-refractivity contribution is -0.122. The number of nitrogens with one attached hydrogen (secondary N) is 2. The summed E-state index contributed by atoms with van der Waals surface area (Å²) in [5.41, 5.74) is 6.38. The predicted octanol–water partition coefficient (Wildman–Crippen LogP) is -0.211. The Morgan fingerprint density at radius 1 is 1.45 bits per heavy atom. The number of amides is 2. The van der Waals surface area contributed by atoms with Crippen molar-refractivity contribution in [3.63, 3.8) is 0 Å². The van der Waals surface area contributed by atoms with Crippen molar-refractivity contribution in [3.05, 3.63) is 35.4 Å². The smallest absolute Gasteiger partial charge is 0.251 e. The Kier molecular flexibility index (Phi) is 4.19. The van der Waals surface area contributed by atoms with Crippen LogP contribution in [0, 0.1) is 0 Å². The largest absolute Gasteiger partial charge is 0.409 e. The monoisotopic (exact) mass is 276 g/mol. The number of oxime groups is 1. The van der Waals surface area contributed by atoms with Crippen LogP contribution in [0.4, 0.5) is 0 Å². The van der Waals surface area contributed by atoms with Gasteiger partial charge in [-0.05, 0) is 18.6 Å². The van der Waals surface area contributed by atoms with Gasteiger partial charge < -0.3 is 21.6 Å². The molecule has 20 heavy (non-hydrogen) atoms. The molecular formula is C13H16N4O3. The molecule has 0 saturated carbocycles. The van der Waals surface area contributed by atoms with Crippen molar-refractivity contribution in [2.45, 2.75) is 18.9 Å². The number of amidine groups is 1. The number of hydrogen-bond donors (Lipinski definition) is 4. The van der Waals surface area contributed by atoms with Crippen molar-refractivity contribution in [3.8, 4) is 0 Å². The van der Waals surface area contributed by atoms with Crippen LogP contribution in [0.2, 0.25) is 0 Å². The second-order valence-electron chi connectivity index (χ2n) is 4.58. The number of carbonyl (C=O) groups excluding carboxylic acids is 2. The number of piperidine rings is 1. The zero-order valence-electron chi connectivity index (χ0n) is 10.8. The first-order valence-corrected chi connectivity index (χ1v) is 6.25. The highest BCUT2D eigenvalue weighted by molar-refractivity contribution is 6.01. The van der Waals surface area contributed by atoms with Gasteiger partial charge in [0.2, 0.25) is 5.91 Å². The molecule has 1 fully saturated rings. The summed E-state index contributed by atoms with van der Waals surface area (Å²) in [7, 11) is 0. The van der Waals surface area contributed by atoms with Gasteiger partial charge in [0.1, 0.15) is 0 Å². The zero-order chi connectivity index (χ0) is 14.5. The van der Waals surface area contributed by atoms with E-state index in [2.05, 4.69) is 15.8 Å². The summed E-state index contributed by atoms with van der Waals surface area (Å²) in [6.45, 7) is 0.435. The third-order valence-corrected chi connectivity index (χ3v) is 3.13. The lowest BCUT2D eigenvalue weighted by atomic mass is 10.1. The van der Waals surface area contributed by atoms with E-state index in [0.717, 1.165) is 0 Å². The van der Waals surface area contributed by atoms with E-state index >= 15 is 0 Å². The van der Waals surface area contributed by atoms with Gasteiger partial charge in [0.05, 0.1) is 0 Å². The van der Waals surface area contributed by atoms with Gasteiger partial charge in [-0.1, -0.05) is 17.3 Å². The summed E-state index contributed by atoms with van der Waals surface area (Å²) in [5.74, 6) is -0.298. The maximum atomic E-state index is 12.1. The lowest BCUT2D eigenvalue weighted by Gasteiger charge is -2.23. The van der Waals surface area contributed by atoms with Crippen molar-refractivity contribution in [1.29, 1.82) is 0 Å². The number of benzene rings is 1.